The number of nitrogens with one attached hydrogen (secondary N) is 1. The minimum atomic E-state index is -0.182. The highest BCUT2D eigenvalue weighted by molar-refractivity contribution is 7.21. The molecule has 108 valence electrons. The monoisotopic (exact) mass is 301 g/mol. The zero-order chi connectivity index (χ0) is 15.0. The lowest BCUT2D eigenvalue weighted by atomic mass is 10.2. The predicted molar refractivity (Wildman–Crippen MR) is 83.1 cm³/mol. The van der Waals surface area contributed by atoms with Gasteiger partial charge in [0.25, 0.3) is 5.91 Å². The van der Waals surface area contributed by atoms with E-state index in [-0.39, 0.29) is 5.91 Å². The third kappa shape index (κ3) is 2.36. The topological polar surface area (TPSA) is 85.8 Å². The average Bonchev–Trinajstić information content (AvgIpc) is 2.99. The molecular formula is C14H15N5OS. The van der Waals surface area contributed by atoms with Crippen LogP contribution in [0.4, 0.5) is 5.69 Å². The number of nitrogens with zero attached hydrogens (tertiary/aromatic N) is 3. The zero-order valence-corrected chi connectivity index (χ0v) is 12.6. The van der Waals surface area contributed by atoms with E-state index in [1.165, 1.54) is 11.3 Å². The first-order chi connectivity index (χ1) is 10.1. The van der Waals surface area contributed by atoms with Crippen LogP contribution in [0.2, 0.25) is 0 Å². The van der Waals surface area contributed by atoms with Crippen LogP contribution in [-0.4, -0.2) is 20.7 Å². The van der Waals surface area contributed by atoms with Gasteiger partial charge >= 0.3 is 0 Å². The van der Waals surface area contributed by atoms with Crippen LogP contribution in [0, 0.1) is 6.92 Å². The maximum atomic E-state index is 12.3. The van der Waals surface area contributed by atoms with Crippen LogP contribution in [-0.2, 0) is 13.6 Å². The van der Waals surface area contributed by atoms with E-state index >= 15 is 0 Å². The minimum Gasteiger partial charge on any atom is -0.396 e. The third-order valence-corrected chi connectivity index (χ3v) is 4.62. The van der Waals surface area contributed by atoms with Gasteiger partial charge in [-0.3, -0.25) is 14.5 Å². The fourth-order valence-electron chi connectivity index (χ4n) is 2.09. The van der Waals surface area contributed by atoms with Crippen LogP contribution < -0.4 is 11.1 Å². The summed E-state index contributed by atoms with van der Waals surface area (Å²) < 4.78 is 2.69. The van der Waals surface area contributed by atoms with Gasteiger partial charge in [0.15, 0.2) is 0 Å². The SMILES string of the molecule is Cc1c(CNC(=O)c2sc3cccnc3c2N)cnn1C. The maximum Gasteiger partial charge on any atom is 0.263 e. The lowest BCUT2D eigenvalue weighted by Crippen LogP contribution is -2.22. The number of aromatic nitrogens is 3. The first-order valence-corrected chi connectivity index (χ1v) is 7.28. The Hall–Kier alpha value is -2.41. The van der Waals surface area contributed by atoms with E-state index in [1.807, 2.05) is 26.1 Å². The van der Waals surface area contributed by atoms with Crippen molar-refractivity contribution in [2.24, 2.45) is 7.05 Å². The molecular weight excluding hydrogens is 286 g/mol. The highest BCUT2D eigenvalue weighted by atomic mass is 32.1. The van der Waals surface area contributed by atoms with Crippen LogP contribution in [0.15, 0.2) is 24.5 Å². The molecule has 0 bridgehead atoms. The summed E-state index contributed by atoms with van der Waals surface area (Å²) in [4.78, 5) is 17.0. The molecule has 0 aliphatic heterocycles. The summed E-state index contributed by atoms with van der Waals surface area (Å²) in [7, 11) is 1.87. The predicted octanol–water partition coefficient (Wildman–Crippen LogP) is 1.85. The van der Waals surface area contributed by atoms with Crippen molar-refractivity contribution in [3.05, 3.63) is 40.7 Å². The van der Waals surface area contributed by atoms with Crippen molar-refractivity contribution in [1.29, 1.82) is 0 Å². The summed E-state index contributed by atoms with van der Waals surface area (Å²) >= 11 is 1.36. The molecule has 0 aliphatic carbocycles. The number of hydrogen-bond acceptors (Lipinski definition) is 5. The minimum absolute atomic E-state index is 0.182. The van der Waals surface area contributed by atoms with Gasteiger partial charge < -0.3 is 11.1 Å². The summed E-state index contributed by atoms with van der Waals surface area (Å²) in [6, 6.07) is 3.74. The lowest BCUT2D eigenvalue weighted by molar-refractivity contribution is 0.0956. The molecule has 0 fully saturated rings. The van der Waals surface area contributed by atoms with Crippen molar-refractivity contribution in [1.82, 2.24) is 20.1 Å². The number of carbonyl (C=O) groups is 1. The molecule has 7 heteroatoms. The van der Waals surface area contributed by atoms with Gasteiger partial charge in [-0.1, -0.05) is 0 Å². The third-order valence-electron chi connectivity index (χ3n) is 3.46. The second kappa shape index (κ2) is 5.17. The Balaban J connectivity index is 1.81. The number of nitrogen functional groups attached to an aromatic ring is 1. The summed E-state index contributed by atoms with van der Waals surface area (Å²) in [6.07, 6.45) is 3.43. The van der Waals surface area contributed by atoms with Crippen molar-refractivity contribution in [2.75, 3.05) is 5.73 Å². The van der Waals surface area contributed by atoms with E-state index in [9.17, 15) is 4.79 Å². The maximum absolute atomic E-state index is 12.3. The Labute approximate surface area is 125 Å². The van der Waals surface area contributed by atoms with Gasteiger partial charge in [0.2, 0.25) is 0 Å². The molecule has 0 aromatic carbocycles. The molecule has 3 rings (SSSR count). The second-order valence-electron chi connectivity index (χ2n) is 4.76. The summed E-state index contributed by atoms with van der Waals surface area (Å²) in [5.74, 6) is -0.182. The first kappa shape index (κ1) is 13.6. The molecule has 3 aromatic heterocycles. The number of pyridine rings is 1. The lowest BCUT2D eigenvalue weighted by Gasteiger charge is -2.04. The zero-order valence-electron chi connectivity index (χ0n) is 11.8. The van der Waals surface area contributed by atoms with Crippen LogP contribution in [0.1, 0.15) is 20.9 Å². The van der Waals surface area contributed by atoms with Gasteiger partial charge in [-0.15, -0.1) is 11.3 Å². The molecule has 21 heavy (non-hydrogen) atoms. The van der Waals surface area contributed by atoms with Crippen molar-refractivity contribution < 1.29 is 4.79 Å². The molecule has 0 aliphatic rings. The summed E-state index contributed by atoms with van der Waals surface area (Å²) in [6.45, 7) is 2.39. The number of anilines is 1. The van der Waals surface area contributed by atoms with Crippen molar-refractivity contribution in [2.45, 2.75) is 13.5 Å². The molecule has 0 spiro atoms. The fraction of sp³-hybridized carbons (Fsp3) is 0.214. The smallest absolute Gasteiger partial charge is 0.263 e. The van der Waals surface area contributed by atoms with Crippen LogP contribution >= 0.6 is 11.3 Å². The van der Waals surface area contributed by atoms with Crippen LogP contribution in [0.25, 0.3) is 10.2 Å². The van der Waals surface area contributed by atoms with E-state index in [0.717, 1.165) is 16.0 Å². The highest BCUT2D eigenvalue weighted by Gasteiger charge is 2.17. The Morgan fingerprint density at radius 3 is 3.00 bits per heavy atom. The first-order valence-electron chi connectivity index (χ1n) is 6.46. The van der Waals surface area contributed by atoms with Crippen molar-refractivity contribution >= 4 is 33.1 Å². The number of nitrogens with two attached hydrogens (primary N) is 1. The second-order valence-corrected chi connectivity index (χ2v) is 5.81. The molecule has 6 nitrogen and oxygen atoms in total. The molecule has 3 aromatic rings. The summed E-state index contributed by atoms with van der Waals surface area (Å²) in [5, 5.41) is 7.03. The number of rotatable bonds is 3. The fourth-order valence-corrected chi connectivity index (χ4v) is 3.09. The molecule has 0 saturated carbocycles. The largest absolute Gasteiger partial charge is 0.396 e. The molecule has 0 atom stereocenters. The van der Waals surface area contributed by atoms with Gasteiger partial charge in [-0.2, -0.15) is 5.10 Å². The van der Waals surface area contributed by atoms with E-state index in [1.54, 1.807) is 17.1 Å². The summed E-state index contributed by atoms with van der Waals surface area (Å²) in [5.41, 5.74) is 9.16. The molecule has 0 unspecified atom stereocenters. The van der Waals surface area contributed by atoms with Gasteiger partial charge in [-0.25, -0.2) is 0 Å². The Morgan fingerprint density at radius 2 is 2.33 bits per heavy atom. The van der Waals surface area contributed by atoms with Crippen LogP contribution in [0.5, 0.6) is 0 Å². The Morgan fingerprint density at radius 1 is 1.52 bits per heavy atom. The molecule has 3 heterocycles. The Bertz CT molecular complexity index is 820. The van der Waals surface area contributed by atoms with Gasteiger partial charge in [0.1, 0.15) is 10.4 Å². The number of aryl methyl sites for hydroxylation is 1. The molecule has 1 amide bonds. The van der Waals surface area contributed by atoms with Gasteiger partial charge in [-0.05, 0) is 19.1 Å². The highest BCUT2D eigenvalue weighted by Crippen LogP contribution is 2.31. The Kier molecular flexibility index (Phi) is 3.34. The van der Waals surface area contributed by atoms with Crippen LogP contribution in [0.3, 0.4) is 0 Å². The number of amides is 1. The van der Waals surface area contributed by atoms with Gasteiger partial charge in [0, 0.05) is 31.0 Å². The van der Waals surface area contributed by atoms with Crippen molar-refractivity contribution in [3.63, 3.8) is 0 Å². The number of thiophene rings is 1. The van der Waals surface area contributed by atoms with E-state index < -0.39 is 0 Å². The normalized spacial score (nSPS) is 11.0. The quantitative estimate of drug-likeness (QED) is 0.773. The number of hydrogen-bond donors (Lipinski definition) is 2. The van der Waals surface area contributed by atoms with E-state index in [2.05, 4.69) is 15.4 Å². The van der Waals surface area contributed by atoms with E-state index in [0.29, 0.717) is 22.6 Å². The average molecular weight is 301 g/mol. The molecule has 3 N–H and O–H groups in total. The van der Waals surface area contributed by atoms with E-state index in [4.69, 9.17) is 5.73 Å². The molecule has 0 saturated heterocycles. The van der Waals surface area contributed by atoms with Crippen molar-refractivity contribution in [3.8, 4) is 0 Å². The number of fused-ring (bicyclic) bond motifs is 1. The standard InChI is InChI=1S/C14H15N5OS/c1-8-9(7-18-19(8)2)6-17-14(20)13-11(15)12-10(21-13)4-3-5-16-12/h3-5,7H,6,15H2,1-2H3,(H,17,20). The molecule has 0 radical (unpaired) electrons. The number of carbonyl (C=O) groups excluding carboxylic acids is 1. The van der Waals surface area contributed by atoms with Gasteiger partial charge in [0.05, 0.1) is 16.6 Å².